The van der Waals surface area contributed by atoms with Gasteiger partial charge in [-0.15, -0.1) is 0 Å². The molecule has 0 spiro atoms. The highest BCUT2D eigenvalue weighted by Crippen LogP contribution is 2.30. The van der Waals surface area contributed by atoms with Gasteiger partial charge in [-0.25, -0.2) is 4.79 Å². The molecule has 12 heteroatoms. The fourth-order valence-electron chi connectivity index (χ4n) is 3.61. The Kier molecular flexibility index (Phi) is 10.8. The highest BCUT2D eigenvalue weighted by Gasteiger charge is 2.52. The van der Waals surface area contributed by atoms with Crippen LogP contribution in [0.5, 0.6) is 0 Å². The number of benzene rings is 1. The van der Waals surface area contributed by atoms with Gasteiger partial charge in [0.05, 0.1) is 12.2 Å². The lowest BCUT2D eigenvalue weighted by atomic mass is 9.98. The van der Waals surface area contributed by atoms with Crippen LogP contribution in [0.4, 0.5) is 0 Å². The van der Waals surface area contributed by atoms with Crippen LogP contribution < -0.4 is 0 Å². The van der Waals surface area contributed by atoms with Gasteiger partial charge in [-0.1, -0.05) is 12.1 Å². The number of aryl methyl sites for hydroxylation is 1. The second-order valence-electron chi connectivity index (χ2n) is 8.04. The Labute approximate surface area is 207 Å². The summed E-state index contributed by atoms with van der Waals surface area (Å²) >= 11 is 0. The molecule has 0 bridgehead atoms. The number of hydrogen-bond acceptors (Lipinski definition) is 11. The maximum atomic E-state index is 11.8. The van der Waals surface area contributed by atoms with Crippen LogP contribution >= 0.6 is 0 Å². The molecular weight excluding hydrogens is 480 g/mol. The van der Waals surface area contributed by atoms with E-state index in [-0.39, 0.29) is 18.8 Å². The molecule has 2 rings (SSSR count). The van der Waals surface area contributed by atoms with E-state index >= 15 is 0 Å². The summed E-state index contributed by atoms with van der Waals surface area (Å²) in [5.74, 6) is -3.80. The van der Waals surface area contributed by atoms with E-state index < -0.39 is 60.6 Å². The summed E-state index contributed by atoms with van der Waals surface area (Å²) in [5.41, 5.74) is 1.05. The second-order valence-corrected chi connectivity index (χ2v) is 8.04. The predicted molar refractivity (Wildman–Crippen MR) is 120 cm³/mol. The van der Waals surface area contributed by atoms with E-state index in [2.05, 4.69) is 0 Å². The molecule has 36 heavy (non-hydrogen) atoms. The highest BCUT2D eigenvalue weighted by atomic mass is 16.7. The molecule has 0 aliphatic carbocycles. The summed E-state index contributed by atoms with van der Waals surface area (Å²) in [7, 11) is 0. The zero-order chi connectivity index (χ0) is 26.8. The Balaban J connectivity index is 2.18. The molecule has 0 aromatic heterocycles. The highest BCUT2D eigenvalue weighted by molar-refractivity contribution is 5.87. The first-order chi connectivity index (χ1) is 17.0. The Morgan fingerprint density at radius 2 is 1.36 bits per heavy atom. The van der Waals surface area contributed by atoms with Crippen LogP contribution in [0, 0.1) is 0 Å². The Bertz CT molecular complexity index is 941. The van der Waals surface area contributed by atoms with Crippen molar-refractivity contribution in [2.24, 2.45) is 0 Å². The first kappa shape index (κ1) is 28.7. The summed E-state index contributed by atoms with van der Waals surface area (Å²) in [6, 6.07) is 6.38. The van der Waals surface area contributed by atoms with Gasteiger partial charge in [-0.05, 0) is 30.5 Å². The Morgan fingerprint density at radius 1 is 0.806 bits per heavy atom. The van der Waals surface area contributed by atoms with Crippen molar-refractivity contribution in [3.05, 3.63) is 35.4 Å². The van der Waals surface area contributed by atoms with Crippen LogP contribution in [-0.4, -0.2) is 78.9 Å². The van der Waals surface area contributed by atoms with E-state index in [4.69, 9.17) is 33.5 Å². The smallest absolute Gasteiger partial charge is 0.335 e. The minimum absolute atomic E-state index is 0.119. The van der Waals surface area contributed by atoms with Crippen molar-refractivity contribution in [1.29, 1.82) is 0 Å². The molecule has 0 radical (unpaired) electrons. The van der Waals surface area contributed by atoms with Gasteiger partial charge < -0.3 is 33.5 Å². The van der Waals surface area contributed by atoms with Gasteiger partial charge >= 0.3 is 29.8 Å². The number of carbonyl (C=O) groups excluding carboxylic acids is 4. The van der Waals surface area contributed by atoms with E-state index in [1.165, 1.54) is 19.1 Å². The largest absolute Gasteiger partial charge is 0.478 e. The topological polar surface area (TPSA) is 161 Å². The van der Waals surface area contributed by atoms with Crippen molar-refractivity contribution in [2.75, 3.05) is 13.2 Å². The third kappa shape index (κ3) is 8.93. The van der Waals surface area contributed by atoms with E-state index in [1.807, 2.05) is 0 Å². The lowest BCUT2D eigenvalue weighted by Gasteiger charge is -2.44. The van der Waals surface area contributed by atoms with Gasteiger partial charge in [0.25, 0.3) is 0 Å². The predicted octanol–water partition coefficient (Wildman–Crippen LogP) is 1.42. The van der Waals surface area contributed by atoms with Crippen LogP contribution in [0.25, 0.3) is 0 Å². The van der Waals surface area contributed by atoms with E-state index in [0.29, 0.717) is 12.8 Å². The number of esters is 4. The molecule has 1 aliphatic heterocycles. The van der Waals surface area contributed by atoms with Crippen molar-refractivity contribution >= 4 is 29.8 Å². The summed E-state index contributed by atoms with van der Waals surface area (Å²) in [5, 5.41) is 9.00. The van der Waals surface area contributed by atoms with Gasteiger partial charge in [-0.2, -0.15) is 0 Å². The molecule has 0 unspecified atom stereocenters. The van der Waals surface area contributed by atoms with Crippen molar-refractivity contribution < 1.29 is 57.5 Å². The van der Waals surface area contributed by atoms with Crippen LogP contribution in [0.1, 0.15) is 50.0 Å². The summed E-state index contributed by atoms with van der Waals surface area (Å²) in [4.78, 5) is 57.7. The van der Waals surface area contributed by atoms with E-state index in [1.54, 1.807) is 12.1 Å². The van der Waals surface area contributed by atoms with Crippen molar-refractivity contribution in [3.63, 3.8) is 0 Å². The maximum absolute atomic E-state index is 11.8. The van der Waals surface area contributed by atoms with Gasteiger partial charge in [0.2, 0.25) is 0 Å². The molecule has 1 heterocycles. The summed E-state index contributed by atoms with van der Waals surface area (Å²) in [6.45, 7) is 4.39. The van der Waals surface area contributed by atoms with Crippen molar-refractivity contribution in [3.8, 4) is 0 Å². The molecule has 1 aromatic carbocycles. The number of hydrogen-bond donors (Lipinski definition) is 1. The number of carboxylic acid groups (broad SMARTS) is 1. The summed E-state index contributed by atoms with van der Waals surface area (Å²) < 4.78 is 32.7. The number of rotatable bonds is 11. The first-order valence-corrected chi connectivity index (χ1v) is 11.2. The number of carbonyl (C=O) groups is 5. The number of carboxylic acids is 1. The number of aromatic carboxylic acids is 1. The lowest BCUT2D eigenvalue weighted by molar-refractivity contribution is -0.308. The molecule has 1 aliphatic rings. The van der Waals surface area contributed by atoms with Gasteiger partial charge in [0.1, 0.15) is 12.7 Å². The fourth-order valence-corrected chi connectivity index (χ4v) is 3.61. The molecule has 5 atom stereocenters. The van der Waals surface area contributed by atoms with Crippen LogP contribution in [-0.2, 0) is 54.0 Å². The average molecular weight is 510 g/mol. The molecule has 0 saturated carbocycles. The fraction of sp³-hybridized carbons (Fsp3) is 0.542. The molecule has 12 nitrogen and oxygen atoms in total. The quantitative estimate of drug-likeness (QED) is 0.259. The van der Waals surface area contributed by atoms with Gasteiger partial charge in [0, 0.05) is 27.7 Å². The molecule has 1 saturated heterocycles. The zero-order valence-electron chi connectivity index (χ0n) is 20.5. The minimum atomic E-state index is -1.29. The second kappa shape index (κ2) is 13.5. The third-order valence-electron chi connectivity index (χ3n) is 5.04. The van der Waals surface area contributed by atoms with E-state index in [0.717, 1.165) is 26.3 Å². The maximum Gasteiger partial charge on any atom is 0.335 e. The lowest BCUT2D eigenvalue weighted by Crippen LogP contribution is -2.63. The Morgan fingerprint density at radius 3 is 1.89 bits per heavy atom. The van der Waals surface area contributed by atoms with Crippen molar-refractivity contribution in [1.82, 2.24) is 0 Å². The van der Waals surface area contributed by atoms with Crippen LogP contribution in [0.3, 0.4) is 0 Å². The summed E-state index contributed by atoms with van der Waals surface area (Å²) in [6.07, 6.45) is -5.10. The normalized spacial score (nSPS) is 23.3. The zero-order valence-corrected chi connectivity index (χ0v) is 20.5. The SMILES string of the molecule is CC(=O)OC[C@H]1O[C@@H](OCCCc2ccc(C(=O)O)cc2)[C@H](OC(C)=O)[C@@H](OC(C)=O)[C@@H]1OC(C)=O. The molecule has 1 fully saturated rings. The van der Waals surface area contributed by atoms with Crippen molar-refractivity contribution in [2.45, 2.75) is 71.2 Å². The molecular formula is C24H30O12. The van der Waals surface area contributed by atoms with Crippen LogP contribution in [0.2, 0.25) is 0 Å². The molecule has 198 valence electrons. The molecule has 0 amide bonds. The van der Waals surface area contributed by atoms with E-state index in [9.17, 15) is 24.0 Å². The number of ether oxygens (including phenoxy) is 6. The minimum Gasteiger partial charge on any atom is -0.478 e. The monoisotopic (exact) mass is 510 g/mol. The average Bonchev–Trinajstić information content (AvgIpc) is 2.78. The molecule has 1 aromatic rings. The standard InChI is InChI=1S/C24H30O12/c1-13(25)32-12-19-20(33-14(2)26)21(34-15(3)27)22(35-16(4)28)24(36-19)31-11-5-6-17-7-9-18(10-8-17)23(29)30/h7-10,19-22,24H,5-6,11-12H2,1-4H3,(H,29,30)/t19-,20-,21+,22-,24-/m1/s1. The third-order valence-corrected chi connectivity index (χ3v) is 5.04. The van der Waals surface area contributed by atoms with Gasteiger partial charge in [-0.3, -0.25) is 19.2 Å². The first-order valence-electron chi connectivity index (χ1n) is 11.2. The Hall–Kier alpha value is -3.51. The van der Waals surface area contributed by atoms with Gasteiger partial charge in [0.15, 0.2) is 24.6 Å². The molecule has 1 N–H and O–H groups in total. The van der Waals surface area contributed by atoms with Crippen LogP contribution in [0.15, 0.2) is 24.3 Å².